The lowest BCUT2D eigenvalue weighted by molar-refractivity contribution is -0.119. The number of anilines is 2. The van der Waals surface area contributed by atoms with E-state index in [1.807, 2.05) is 18.2 Å². The summed E-state index contributed by atoms with van der Waals surface area (Å²) in [7, 11) is 0. The van der Waals surface area contributed by atoms with Gasteiger partial charge in [-0.15, -0.1) is 0 Å². The number of rotatable bonds is 6. The molecule has 1 atom stereocenters. The average Bonchev–Trinajstić information content (AvgIpc) is 3.37. The third-order valence-electron chi connectivity index (χ3n) is 4.52. The number of benzene rings is 1. The summed E-state index contributed by atoms with van der Waals surface area (Å²) in [5, 5.41) is 12.5. The second-order valence-corrected chi connectivity index (χ2v) is 6.66. The molecule has 0 fully saturated rings. The van der Waals surface area contributed by atoms with Gasteiger partial charge in [-0.3, -0.25) is 24.3 Å². The van der Waals surface area contributed by atoms with Crippen LogP contribution in [0.15, 0.2) is 66.0 Å². The molecule has 4 rings (SSSR count). The Morgan fingerprint density at radius 2 is 1.97 bits per heavy atom. The summed E-state index contributed by atoms with van der Waals surface area (Å²) in [4.78, 5) is 28.7. The minimum Gasteiger partial charge on any atom is -0.368 e. The number of hydrogen-bond donors (Lipinski definition) is 2. The van der Waals surface area contributed by atoms with E-state index in [1.54, 1.807) is 23.1 Å². The number of amides is 2. The van der Waals surface area contributed by atoms with Crippen LogP contribution in [0.3, 0.4) is 0 Å². The molecule has 0 bridgehead atoms. The van der Waals surface area contributed by atoms with E-state index in [9.17, 15) is 14.0 Å². The van der Waals surface area contributed by atoms with Crippen LogP contribution in [0.2, 0.25) is 0 Å². The molecule has 2 amide bonds. The number of nitrogens with one attached hydrogen (secondary N) is 1. The number of nitrogens with zero attached hydrogens (tertiary/aromatic N) is 5. The Morgan fingerprint density at radius 1 is 1.17 bits per heavy atom. The first-order chi connectivity index (χ1) is 14.5. The van der Waals surface area contributed by atoms with E-state index in [-0.39, 0.29) is 12.1 Å². The number of halogens is 1. The van der Waals surface area contributed by atoms with Gasteiger partial charge in [0.05, 0.1) is 17.9 Å². The molecule has 2 aromatic heterocycles. The van der Waals surface area contributed by atoms with Gasteiger partial charge in [-0.05, 0) is 36.4 Å². The molecule has 3 heterocycles. The Morgan fingerprint density at radius 3 is 2.67 bits per heavy atom. The molecule has 1 aromatic carbocycles. The van der Waals surface area contributed by atoms with Crippen LogP contribution in [-0.2, 0) is 16.1 Å². The fourth-order valence-electron chi connectivity index (χ4n) is 3.06. The predicted octanol–water partition coefficient (Wildman–Crippen LogP) is 1.52. The Labute approximate surface area is 171 Å². The molecule has 10 heteroatoms. The zero-order valence-corrected chi connectivity index (χ0v) is 15.8. The lowest BCUT2D eigenvalue weighted by Gasteiger charge is -2.20. The first kappa shape index (κ1) is 19.2. The standard InChI is InChI=1S/C20H18FN7O2/c21-13-4-6-15(7-5-13)28-17(19(22)29)11-16(25-28)20(30)24-18-8-10-27(26-18)12-14-3-1-2-9-23-14/h1-10,17H,11-12H2,(H2,22,29)(H,24,26,30). The van der Waals surface area contributed by atoms with Crippen LogP contribution >= 0.6 is 0 Å². The first-order valence-electron chi connectivity index (χ1n) is 9.16. The normalized spacial score (nSPS) is 15.7. The highest BCUT2D eigenvalue weighted by molar-refractivity contribution is 6.44. The van der Waals surface area contributed by atoms with E-state index < -0.39 is 23.7 Å². The summed E-state index contributed by atoms with van der Waals surface area (Å²) >= 11 is 0. The van der Waals surface area contributed by atoms with Gasteiger partial charge in [-0.1, -0.05) is 6.07 Å². The Kier molecular flexibility index (Phi) is 5.21. The van der Waals surface area contributed by atoms with Crippen LogP contribution in [0.5, 0.6) is 0 Å². The summed E-state index contributed by atoms with van der Waals surface area (Å²) in [6.07, 6.45) is 3.45. The van der Waals surface area contributed by atoms with E-state index in [1.165, 1.54) is 29.3 Å². The molecule has 152 valence electrons. The molecule has 1 unspecified atom stereocenters. The van der Waals surface area contributed by atoms with Crippen molar-refractivity contribution in [3.05, 3.63) is 72.4 Å². The molecule has 0 saturated carbocycles. The molecule has 30 heavy (non-hydrogen) atoms. The van der Waals surface area contributed by atoms with Gasteiger partial charge in [0.2, 0.25) is 5.91 Å². The monoisotopic (exact) mass is 407 g/mol. The number of primary amides is 1. The van der Waals surface area contributed by atoms with Crippen molar-refractivity contribution in [2.24, 2.45) is 10.8 Å². The van der Waals surface area contributed by atoms with Gasteiger partial charge in [-0.25, -0.2) is 4.39 Å². The van der Waals surface area contributed by atoms with E-state index >= 15 is 0 Å². The van der Waals surface area contributed by atoms with Gasteiger partial charge >= 0.3 is 0 Å². The smallest absolute Gasteiger partial charge is 0.273 e. The maximum absolute atomic E-state index is 13.2. The van der Waals surface area contributed by atoms with Crippen LogP contribution in [-0.4, -0.2) is 38.3 Å². The van der Waals surface area contributed by atoms with Gasteiger partial charge < -0.3 is 11.1 Å². The van der Waals surface area contributed by atoms with Gasteiger partial charge in [0.25, 0.3) is 5.91 Å². The quantitative estimate of drug-likeness (QED) is 0.642. The molecule has 0 aliphatic carbocycles. The molecule has 0 spiro atoms. The SMILES string of the molecule is NC(=O)C1CC(C(=O)Nc2ccn(Cc3ccccn3)n2)=NN1c1ccc(F)cc1. The number of carbonyl (C=O) groups is 2. The average molecular weight is 407 g/mol. The van der Waals surface area contributed by atoms with E-state index in [0.29, 0.717) is 18.1 Å². The van der Waals surface area contributed by atoms with Crippen molar-refractivity contribution in [1.29, 1.82) is 0 Å². The van der Waals surface area contributed by atoms with Crippen molar-refractivity contribution in [3.8, 4) is 0 Å². The third kappa shape index (κ3) is 4.17. The topological polar surface area (TPSA) is 118 Å². The highest BCUT2D eigenvalue weighted by Crippen LogP contribution is 2.25. The highest BCUT2D eigenvalue weighted by atomic mass is 19.1. The van der Waals surface area contributed by atoms with Crippen LogP contribution in [0.25, 0.3) is 0 Å². The number of hydrazone groups is 1. The third-order valence-corrected chi connectivity index (χ3v) is 4.52. The van der Waals surface area contributed by atoms with Crippen molar-refractivity contribution >= 4 is 29.0 Å². The molecule has 3 aromatic rings. The summed E-state index contributed by atoms with van der Waals surface area (Å²) in [5.74, 6) is -1.20. The highest BCUT2D eigenvalue weighted by Gasteiger charge is 2.35. The second kappa shape index (κ2) is 8.11. The number of carbonyl (C=O) groups excluding carboxylic acids is 2. The van der Waals surface area contributed by atoms with Crippen LogP contribution in [0.1, 0.15) is 12.1 Å². The Hall–Kier alpha value is -4.08. The van der Waals surface area contributed by atoms with Gasteiger partial charge in [-0.2, -0.15) is 10.2 Å². The summed E-state index contributed by atoms with van der Waals surface area (Å²) in [6, 6.07) is 11.8. The fraction of sp³-hybridized carbons (Fsp3) is 0.150. The maximum atomic E-state index is 13.2. The molecule has 0 radical (unpaired) electrons. The van der Waals surface area contributed by atoms with Crippen molar-refractivity contribution in [3.63, 3.8) is 0 Å². The minimum absolute atomic E-state index is 0.0349. The zero-order chi connectivity index (χ0) is 21.1. The van der Waals surface area contributed by atoms with Crippen molar-refractivity contribution < 1.29 is 14.0 Å². The van der Waals surface area contributed by atoms with Crippen LogP contribution in [0, 0.1) is 5.82 Å². The van der Waals surface area contributed by atoms with Gasteiger partial charge in [0, 0.05) is 24.9 Å². The van der Waals surface area contributed by atoms with Crippen molar-refractivity contribution in [2.45, 2.75) is 19.0 Å². The summed E-state index contributed by atoms with van der Waals surface area (Å²) < 4.78 is 14.8. The molecule has 0 saturated heterocycles. The predicted molar refractivity (Wildman–Crippen MR) is 108 cm³/mol. The van der Waals surface area contributed by atoms with E-state index in [4.69, 9.17) is 5.73 Å². The van der Waals surface area contributed by atoms with E-state index in [0.717, 1.165) is 5.69 Å². The number of nitrogens with two attached hydrogens (primary N) is 1. The minimum atomic E-state index is -0.835. The summed E-state index contributed by atoms with van der Waals surface area (Å²) in [6.45, 7) is 0.458. The van der Waals surface area contributed by atoms with Crippen LogP contribution in [0.4, 0.5) is 15.9 Å². The Balaban J connectivity index is 1.47. The zero-order valence-electron chi connectivity index (χ0n) is 15.8. The fourth-order valence-corrected chi connectivity index (χ4v) is 3.06. The number of aromatic nitrogens is 3. The number of hydrogen-bond acceptors (Lipinski definition) is 6. The van der Waals surface area contributed by atoms with Crippen molar-refractivity contribution in [1.82, 2.24) is 14.8 Å². The summed E-state index contributed by atoms with van der Waals surface area (Å²) in [5.41, 5.74) is 6.89. The Bertz CT molecular complexity index is 1100. The maximum Gasteiger partial charge on any atom is 0.273 e. The second-order valence-electron chi connectivity index (χ2n) is 6.66. The lowest BCUT2D eigenvalue weighted by Crippen LogP contribution is -2.39. The molecular formula is C20H18FN7O2. The van der Waals surface area contributed by atoms with Crippen molar-refractivity contribution in [2.75, 3.05) is 10.3 Å². The first-order valence-corrected chi connectivity index (χ1v) is 9.16. The van der Waals surface area contributed by atoms with E-state index in [2.05, 4.69) is 20.5 Å². The van der Waals surface area contributed by atoms with Crippen LogP contribution < -0.4 is 16.1 Å². The molecular weight excluding hydrogens is 389 g/mol. The molecule has 9 nitrogen and oxygen atoms in total. The lowest BCUT2D eigenvalue weighted by atomic mass is 10.1. The van der Waals surface area contributed by atoms with Gasteiger partial charge in [0.1, 0.15) is 17.6 Å². The molecule has 1 aliphatic heterocycles. The largest absolute Gasteiger partial charge is 0.368 e. The number of pyridine rings is 1. The molecule has 1 aliphatic rings. The van der Waals surface area contributed by atoms with Gasteiger partial charge in [0.15, 0.2) is 5.82 Å². The molecule has 3 N–H and O–H groups in total.